The number of nitrogens with zero attached hydrogens (tertiary/aromatic N) is 4. The smallest absolute Gasteiger partial charge is 0.410 e. The Bertz CT molecular complexity index is 1440. The van der Waals surface area contributed by atoms with Gasteiger partial charge >= 0.3 is 12.2 Å². The van der Waals surface area contributed by atoms with E-state index in [4.69, 9.17) is 14.5 Å². The number of pyridine rings is 1. The summed E-state index contributed by atoms with van der Waals surface area (Å²) in [4.78, 5) is 36.5. The summed E-state index contributed by atoms with van der Waals surface area (Å²) in [6.07, 6.45) is -0.741. The van der Waals surface area contributed by atoms with E-state index in [-0.39, 0.29) is 31.2 Å². The van der Waals surface area contributed by atoms with Crippen LogP contribution in [0.25, 0.3) is 10.9 Å². The highest BCUT2D eigenvalue weighted by molar-refractivity contribution is 5.78. The van der Waals surface area contributed by atoms with E-state index in [2.05, 4.69) is 10.2 Å². The van der Waals surface area contributed by atoms with Crippen LogP contribution < -0.4 is 5.32 Å². The average Bonchev–Trinajstić information content (AvgIpc) is 3.05. The van der Waals surface area contributed by atoms with Gasteiger partial charge in [0.2, 0.25) is 0 Å². The highest BCUT2D eigenvalue weighted by Crippen LogP contribution is 2.16. The van der Waals surface area contributed by atoms with Crippen LogP contribution in [0.5, 0.6) is 0 Å². The maximum atomic E-state index is 13.7. The van der Waals surface area contributed by atoms with E-state index in [9.17, 15) is 14.0 Å². The van der Waals surface area contributed by atoms with Crippen LogP contribution in [0.15, 0.2) is 91.0 Å². The molecule has 1 aromatic heterocycles. The van der Waals surface area contributed by atoms with Gasteiger partial charge in [0.05, 0.1) is 11.2 Å². The summed E-state index contributed by atoms with van der Waals surface area (Å²) in [5.41, 5.74) is 3.38. The lowest BCUT2D eigenvalue weighted by atomic mass is 10.2. The second-order valence-corrected chi connectivity index (χ2v) is 10.7. The maximum absolute atomic E-state index is 13.7. The number of halogens is 1. The molecule has 1 saturated heterocycles. The van der Waals surface area contributed by atoms with Crippen molar-refractivity contribution in [1.29, 1.82) is 0 Å². The number of aromatic nitrogens is 1. The third-order valence-electron chi connectivity index (χ3n) is 7.51. The standard InChI is InChI=1S/C34H38FN5O4/c35-30-12-14-32-29(23-30)11-13-31(37-32)24-38-19-21-39(33(41)43-25-27-7-3-1-4-8-27)17-15-36-16-18-40(22-20-38)34(42)44-26-28-9-5-2-6-10-28/h1-14,23,36H,15-22,24-26H2. The minimum Gasteiger partial charge on any atom is -0.445 e. The SMILES string of the molecule is O=C(OCc1ccccc1)N1CCNCCN(C(=O)OCc2ccccc2)CCN(Cc2ccc3cc(F)ccc3n2)CC1. The normalized spacial score (nSPS) is 15.3. The van der Waals surface area contributed by atoms with Crippen molar-refractivity contribution in [2.24, 2.45) is 0 Å². The minimum atomic E-state index is -0.371. The Labute approximate surface area is 257 Å². The zero-order chi connectivity index (χ0) is 30.6. The van der Waals surface area contributed by atoms with Crippen molar-refractivity contribution in [3.63, 3.8) is 0 Å². The fraction of sp³-hybridized carbons (Fsp3) is 0.324. The summed E-state index contributed by atoms with van der Waals surface area (Å²) in [6, 6.07) is 27.5. The molecule has 1 aliphatic rings. The molecule has 2 amide bonds. The summed E-state index contributed by atoms with van der Waals surface area (Å²) in [5, 5.41) is 4.07. The molecule has 0 bridgehead atoms. The van der Waals surface area contributed by atoms with Crippen molar-refractivity contribution in [1.82, 2.24) is 25.0 Å². The topological polar surface area (TPSA) is 87.2 Å². The van der Waals surface area contributed by atoms with Crippen molar-refractivity contribution in [2.45, 2.75) is 19.8 Å². The molecule has 5 rings (SSSR count). The van der Waals surface area contributed by atoms with E-state index in [1.165, 1.54) is 12.1 Å². The van der Waals surface area contributed by atoms with E-state index in [0.29, 0.717) is 64.4 Å². The lowest BCUT2D eigenvalue weighted by Crippen LogP contribution is -2.47. The van der Waals surface area contributed by atoms with Crippen LogP contribution in [0.1, 0.15) is 16.8 Å². The Morgan fingerprint density at radius 2 is 1.27 bits per heavy atom. The van der Waals surface area contributed by atoms with Crippen molar-refractivity contribution in [2.75, 3.05) is 52.4 Å². The van der Waals surface area contributed by atoms with E-state index in [1.807, 2.05) is 72.8 Å². The van der Waals surface area contributed by atoms with Gasteiger partial charge in [-0.05, 0) is 35.4 Å². The molecule has 0 unspecified atom stereocenters. The second kappa shape index (κ2) is 15.8. The molecule has 4 aromatic rings. The van der Waals surface area contributed by atoms with Gasteiger partial charge in [0, 0.05) is 64.3 Å². The molecule has 2 heterocycles. The maximum Gasteiger partial charge on any atom is 0.410 e. The molecule has 0 atom stereocenters. The molecule has 44 heavy (non-hydrogen) atoms. The molecular weight excluding hydrogens is 561 g/mol. The number of fused-ring (bicyclic) bond motifs is 1. The van der Waals surface area contributed by atoms with Gasteiger partial charge < -0.3 is 24.6 Å². The first-order valence-corrected chi connectivity index (χ1v) is 14.9. The Morgan fingerprint density at radius 3 is 1.84 bits per heavy atom. The number of hydrogen-bond acceptors (Lipinski definition) is 7. The Balaban J connectivity index is 1.27. The van der Waals surface area contributed by atoms with Gasteiger partial charge in [-0.2, -0.15) is 0 Å². The molecule has 10 heteroatoms. The first kappa shape index (κ1) is 30.9. The molecule has 1 N–H and O–H groups in total. The molecule has 0 spiro atoms. The molecule has 0 saturated carbocycles. The number of nitrogens with one attached hydrogen (secondary N) is 1. The fourth-order valence-corrected chi connectivity index (χ4v) is 5.01. The van der Waals surface area contributed by atoms with Crippen molar-refractivity contribution >= 4 is 23.1 Å². The van der Waals surface area contributed by atoms with Gasteiger partial charge in [0.1, 0.15) is 19.0 Å². The number of benzene rings is 3. The first-order chi connectivity index (χ1) is 21.5. The number of carbonyl (C=O) groups is 2. The Hall–Kier alpha value is -4.54. The fourth-order valence-electron chi connectivity index (χ4n) is 5.01. The summed E-state index contributed by atoms with van der Waals surface area (Å²) < 4.78 is 25.0. The largest absolute Gasteiger partial charge is 0.445 e. The highest BCUT2D eigenvalue weighted by Gasteiger charge is 2.21. The second-order valence-electron chi connectivity index (χ2n) is 10.7. The first-order valence-electron chi connectivity index (χ1n) is 14.9. The van der Waals surface area contributed by atoms with Gasteiger partial charge in [0.25, 0.3) is 0 Å². The highest BCUT2D eigenvalue weighted by atomic mass is 19.1. The van der Waals surface area contributed by atoms with E-state index < -0.39 is 0 Å². The van der Waals surface area contributed by atoms with Crippen molar-refractivity contribution < 1.29 is 23.5 Å². The summed E-state index contributed by atoms with van der Waals surface area (Å²) in [5.74, 6) is -0.303. The number of hydrogen-bond donors (Lipinski definition) is 1. The number of ether oxygens (including phenoxy) is 2. The van der Waals surface area contributed by atoms with Crippen LogP contribution in [0.3, 0.4) is 0 Å². The molecule has 3 aromatic carbocycles. The zero-order valence-corrected chi connectivity index (χ0v) is 24.7. The number of amides is 2. The number of rotatable bonds is 6. The van der Waals surface area contributed by atoms with Crippen LogP contribution in [0.2, 0.25) is 0 Å². The molecule has 0 radical (unpaired) electrons. The van der Waals surface area contributed by atoms with Crippen LogP contribution in [0, 0.1) is 5.82 Å². The van der Waals surface area contributed by atoms with Crippen molar-refractivity contribution in [3.05, 3.63) is 114 Å². The van der Waals surface area contributed by atoms with Gasteiger partial charge in [0.15, 0.2) is 0 Å². The molecule has 1 aliphatic heterocycles. The van der Waals surface area contributed by atoms with Gasteiger partial charge in [-0.15, -0.1) is 0 Å². The third-order valence-corrected chi connectivity index (χ3v) is 7.51. The quantitative estimate of drug-likeness (QED) is 0.332. The predicted octanol–water partition coefficient (Wildman–Crippen LogP) is 5.06. The molecule has 1 fully saturated rings. The monoisotopic (exact) mass is 599 g/mol. The number of carbonyl (C=O) groups excluding carboxylic acids is 2. The van der Waals surface area contributed by atoms with Crippen LogP contribution >= 0.6 is 0 Å². The molecule has 0 aliphatic carbocycles. The van der Waals surface area contributed by atoms with Gasteiger partial charge in [-0.25, -0.2) is 14.0 Å². The summed E-state index contributed by atoms with van der Waals surface area (Å²) in [6.45, 7) is 4.87. The lowest BCUT2D eigenvalue weighted by Gasteiger charge is -2.31. The predicted molar refractivity (Wildman–Crippen MR) is 166 cm³/mol. The Kier molecular flexibility index (Phi) is 11.1. The summed E-state index contributed by atoms with van der Waals surface area (Å²) >= 11 is 0. The third kappa shape index (κ3) is 9.23. The minimum absolute atomic E-state index is 0.203. The lowest BCUT2D eigenvalue weighted by molar-refractivity contribution is 0.0814. The summed E-state index contributed by atoms with van der Waals surface area (Å²) in [7, 11) is 0. The zero-order valence-electron chi connectivity index (χ0n) is 24.7. The Morgan fingerprint density at radius 1 is 0.705 bits per heavy atom. The van der Waals surface area contributed by atoms with E-state index >= 15 is 0 Å². The molecule has 230 valence electrons. The van der Waals surface area contributed by atoms with Crippen molar-refractivity contribution in [3.8, 4) is 0 Å². The van der Waals surface area contributed by atoms with Crippen LogP contribution in [-0.2, 0) is 29.2 Å². The van der Waals surface area contributed by atoms with Crippen LogP contribution in [0.4, 0.5) is 14.0 Å². The van der Waals surface area contributed by atoms with E-state index in [1.54, 1.807) is 15.9 Å². The van der Waals surface area contributed by atoms with E-state index in [0.717, 1.165) is 22.2 Å². The van der Waals surface area contributed by atoms with Gasteiger partial charge in [-0.3, -0.25) is 9.88 Å². The van der Waals surface area contributed by atoms with Gasteiger partial charge in [-0.1, -0.05) is 66.7 Å². The average molecular weight is 600 g/mol. The molecule has 9 nitrogen and oxygen atoms in total. The molecular formula is C34H38FN5O4. The van der Waals surface area contributed by atoms with Crippen LogP contribution in [-0.4, -0.2) is 84.2 Å².